The first-order valence-corrected chi connectivity index (χ1v) is 5.28. The minimum absolute atomic E-state index is 0.159. The van der Waals surface area contributed by atoms with Gasteiger partial charge in [0, 0.05) is 25.4 Å². The second kappa shape index (κ2) is 4.80. The first-order valence-electron chi connectivity index (χ1n) is 5.28. The third kappa shape index (κ3) is 2.70. The van der Waals surface area contributed by atoms with Crippen LogP contribution in [0.15, 0.2) is 36.7 Å². The number of carbonyl (C=O) groups excluding carboxylic acids is 1. The molecule has 5 nitrogen and oxygen atoms in total. The minimum atomic E-state index is -0.159. The Morgan fingerprint density at radius 2 is 2.35 bits per heavy atom. The van der Waals surface area contributed by atoms with Gasteiger partial charge in [0.15, 0.2) is 0 Å². The van der Waals surface area contributed by atoms with Gasteiger partial charge in [-0.25, -0.2) is 0 Å². The highest BCUT2D eigenvalue weighted by atomic mass is 16.1. The molecule has 0 aliphatic rings. The van der Waals surface area contributed by atoms with E-state index in [9.17, 15) is 4.79 Å². The Balaban J connectivity index is 2.14. The highest BCUT2D eigenvalue weighted by Gasteiger charge is 2.07. The fourth-order valence-electron chi connectivity index (χ4n) is 1.53. The van der Waals surface area contributed by atoms with Crippen molar-refractivity contribution in [1.29, 1.82) is 0 Å². The molecule has 2 aromatic rings. The molecule has 1 amide bonds. The van der Waals surface area contributed by atoms with E-state index in [1.54, 1.807) is 36.3 Å². The molecule has 0 unspecified atom stereocenters. The van der Waals surface area contributed by atoms with Crippen molar-refractivity contribution in [2.45, 2.75) is 6.54 Å². The monoisotopic (exact) mass is 230 g/mol. The van der Waals surface area contributed by atoms with Crippen LogP contribution in [0.2, 0.25) is 0 Å². The van der Waals surface area contributed by atoms with Gasteiger partial charge in [0.2, 0.25) is 0 Å². The molecule has 88 valence electrons. The molecule has 1 aromatic heterocycles. The van der Waals surface area contributed by atoms with E-state index >= 15 is 0 Å². The summed E-state index contributed by atoms with van der Waals surface area (Å²) < 4.78 is 1.63. The Kier molecular flexibility index (Phi) is 3.20. The van der Waals surface area contributed by atoms with Crippen LogP contribution in [0.1, 0.15) is 15.9 Å². The maximum absolute atomic E-state index is 11.9. The number of hydrogen-bond donors (Lipinski definition) is 2. The first kappa shape index (κ1) is 11.3. The van der Waals surface area contributed by atoms with Crippen molar-refractivity contribution >= 4 is 11.6 Å². The summed E-state index contributed by atoms with van der Waals surface area (Å²) in [6.45, 7) is 0.425. The second-order valence-electron chi connectivity index (χ2n) is 3.76. The van der Waals surface area contributed by atoms with E-state index in [2.05, 4.69) is 10.4 Å². The van der Waals surface area contributed by atoms with Crippen molar-refractivity contribution in [2.75, 3.05) is 5.32 Å². The molecule has 0 radical (unpaired) electrons. The van der Waals surface area contributed by atoms with E-state index in [0.29, 0.717) is 17.8 Å². The molecule has 0 fully saturated rings. The minimum Gasteiger partial charge on any atom is -0.326 e. The van der Waals surface area contributed by atoms with Crippen molar-refractivity contribution in [3.63, 3.8) is 0 Å². The molecule has 3 N–H and O–H groups in total. The summed E-state index contributed by atoms with van der Waals surface area (Å²) in [7, 11) is 1.80. The number of hydrogen-bond acceptors (Lipinski definition) is 3. The highest BCUT2D eigenvalue weighted by Crippen LogP contribution is 2.09. The third-order valence-electron chi connectivity index (χ3n) is 2.39. The summed E-state index contributed by atoms with van der Waals surface area (Å²) in [6.07, 6.45) is 3.34. The second-order valence-corrected chi connectivity index (χ2v) is 3.76. The quantitative estimate of drug-likeness (QED) is 0.830. The normalized spacial score (nSPS) is 10.2. The Morgan fingerprint density at radius 3 is 3.00 bits per heavy atom. The molecule has 0 aliphatic heterocycles. The average Bonchev–Trinajstić information content (AvgIpc) is 2.75. The van der Waals surface area contributed by atoms with Crippen LogP contribution in [0, 0.1) is 0 Å². The molecule has 0 saturated carbocycles. The number of nitrogens with two attached hydrogens (primary N) is 1. The molecule has 2 rings (SSSR count). The number of nitrogens with zero attached hydrogens (tertiary/aromatic N) is 2. The van der Waals surface area contributed by atoms with E-state index in [1.165, 1.54) is 0 Å². The van der Waals surface area contributed by atoms with Crippen molar-refractivity contribution in [3.8, 4) is 0 Å². The molecule has 5 heteroatoms. The standard InChI is InChI=1S/C12H14N4O/c1-16-8-11(7-14-16)15-12(17)10-4-2-3-9(5-10)6-13/h2-5,7-8H,6,13H2,1H3,(H,15,17). The topological polar surface area (TPSA) is 72.9 Å². The molecular formula is C12H14N4O. The van der Waals surface area contributed by atoms with Crippen LogP contribution in [0.3, 0.4) is 0 Å². The summed E-state index contributed by atoms with van der Waals surface area (Å²) in [5.74, 6) is -0.159. The Labute approximate surface area is 99.2 Å². The molecule has 1 heterocycles. The van der Waals surface area contributed by atoms with Crippen LogP contribution in [-0.4, -0.2) is 15.7 Å². The van der Waals surface area contributed by atoms with E-state index in [-0.39, 0.29) is 5.91 Å². The molecule has 1 aromatic carbocycles. The number of rotatable bonds is 3. The summed E-state index contributed by atoms with van der Waals surface area (Å²) in [4.78, 5) is 11.9. The Bertz CT molecular complexity index is 533. The average molecular weight is 230 g/mol. The predicted molar refractivity (Wildman–Crippen MR) is 65.5 cm³/mol. The summed E-state index contributed by atoms with van der Waals surface area (Å²) in [5, 5.41) is 6.75. The van der Waals surface area contributed by atoms with Gasteiger partial charge >= 0.3 is 0 Å². The van der Waals surface area contributed by atoms with Crippen LogP contribution in [0.25, 0.3) is 0 Å². The maximum Gasteiger partial charge on any atom is 0.255 e. The van der Waals surface area contributed by atoms with E-state index in [1.807, 2.05) is 12.1 Å². The lowest BCUT2D eigenvalue weighted by Crippen LogP contribution is -2.12. The third-order valence-corrected chi connectivity index (χ3v) is 2.39. The van der Waals surface area contributed by atoms with Gasteiger partial charge < -0.3 is 11.1 Å². The largest absolute Gasteiger partial charge is 0.326 e. The van der Waals surface area contributed by atoms with Gasteiger partial charge in [0.25, 0.3) is 5.91 Å². The fraction of sp³-hybridized carbons (Fsp3) is 0.167. The lowest BCUT2D eigenvalue weighted by atomic mass is 10.1. The number of carbonyl (C=O) groups is 1. The first-order chi connectivity index (χ1) is 8.19. The zero-order chi connectivity index (χ0) is 12.3. The summed E-state index contributed by atoms with van der Waals surface area (Å²) in [5.41, 5.74) is 7.73. The molecule has 0 saturated heterocycles. The lowest BCUT2D eigenvalue weighted by Gasteiger charge is -2.04. The van der Waals surface area contributed by atoms with Crippen LogP contribution < -0.4 is 11.1 Å². The van der Waals surface area contributed by atoms with Crippen molar-refractivity contribution < 1.29 is 4.79 Å². The van der Waals surface area contributed by atoms with E-state index in [0.717, 1.165) is 5.56 Å². The van der Waals surface area contributed by atoms with Gasteiger partial charge in [0.1, 0.15) is 0 Å². The predicted octanol–water partition coefficient (Wildman–Crippen LogP) is 1.13. The number of nitrogens with one attached hydrogen (secondary N) is 1. The zero-order valence-corrected chi connectivity index (χ0v) is 9.55. The summed E-state index contributed by atoms with van der Waals surface area (Å²) in [6, 6.07) is 7.25. The van der Waals surface area contributed by atoms with Gasteiger partial charge in [-0.15, -0.1) is 0 Å². The molecule has 0 spiro atoms. The van der Waals surface area contributed by atoms with Gasteiger partial charge in [-0.3, -0.25) is 9.48 Å². The Hall–Kier alpha value is -2.14. The number of benzene rings is 1. The van der Waals surface area contributed by atoms with Gasteiger partial charge in [0.05, 0.1) is 11.9 Å². The number of aromatic nitrogens is 2. The highest BCUT2D eigenvalue weighted by molar-refractivity contribution is 6.04. The number of amides is 1. The van der Waals surface area contributed by atoms with Crippen molar-refractivity contribution in [3.05, 3.63) is 47.8 Å². The van der Waals surface area contributed by atoms with Gasteiger partial charge in [-0.2, -0.15) is 5.10 Å². The molecule has 0 bridgehead atoms. The Morgan fingerprint density at radius 1 is 1.53 bits per heavy atom. The maximum atomic E-state index is 11.9. The van der Waals surface area contributed by atoms with Gasteiger partial charge in [-0.05, 0) is 17.7 Å². The smallest absolute Gasteiger partial charge is 0.255 e. The molecular weight excluding hydrogens is 216 g/mol. The van der Waals surface area contributed by atoms with Crippen LogP contribution >= 0.6 is 0 Å². The van der Waals surface area contributed by atoms with Crippen LogP contribution in [-0.2, 0) is 13.6 Å². The lowest BCUT2D eigenvalue weighted by molar-refractivity contribution is 0.102. The van der Waals surface area contributed by atoms with Gasteiger partial charge in [-0.1, -0.05) is 12.1 Å². The van der Waals surface area contributed by atoms with Crippen LogP contribution in [0.4, 0.5) is 5.69 Å². The number of aryl methyl sites for hydroxylation is 1. The molecule has 0 aliphatic carbocycles. The summed E-state index contributed by atoms with van der Waals surface area (Å²) >= 11 is 0. The van der Waals surface area contributed by atoms with Crippen LogP contribution in [0.5, 0.6) is 0 Å². The van der Waals surface area contributed by atoms with E-state index < -0.39 is 0 Å². The zero-order valence-electron chi connectivity index (χ0n) is 9.55. The molecule has 17 heavy (non-hydrogen) atoms. The SMILES string of the molecule is Cn1cc(NC(=O)c2cccc(CN)c2)cn1. The molecule has 0 atom stereocenters. The van der Waals surface area contributed by atoms with E-state index in [4.69, 9.17) is 5.73 Å². The fourth-order valence-corrected chi connectivity index (χ4v) is 1.53. The number of anilines is 1. The van der Waals surface area contributed by atoms with Crippen molar-refractivity contribution in [1.82, 2.24) is 9.78 Å². The van der Waals surface area contributed by atoms with Crippen molar-refractivity contribution in [2.24, 2.45) is 12.8 Å².